The normalized spacial score (nSPS) is 11.0. The molecule has 2 aromatic heterocycles. The third kappa shape index (κ3) is 3.43. The van der Waals surface area contributed by atoms with Crippen molar-refractivity contribution in [3.05, 3.63) is 69.8 Å². The summed E-state index contributed by atoms with van der Waals surface area (Å²) < 4.78 is 12.0. The van der Waals surface area contributed by atoms with Gasteiger partial charge in [-0.1, -0.05) is 39.3 Å². The predicted molar refractivity (Wildman–Crippen MR) is 99.4 cm³/mol. The van der Waals surface area contributed by atoms with Crippen molar-refractivity contribution in [2.45, 2.75) is 20.3 Å². The molecule has 0 aliphatic rings. The standard InChI is InChI=1S/C19H15BrN4O2/c1-11-6-7-13(8-12(11)2)18-21-16(26-24-18)10-17-22-23-19(25-17)14-4-3-5-15(20)9-14/h3-9H,10H2,1-2H3. The molecule has 0 N–H and O–H groups in total. The maximum absolute atomic E-state index is 5.71. The van der Waals surface area contributed by atoms with Crippen LogP contribution < -0.4 is 0 Å². The van der Waals surface area contributed by atoms with Gasteiger partial charge in [0.05, 0.1) is 0 Å². The summed E-state index contributed by atoms with van der Waals surface area (Å²) in [5, 5.41) is 12.2. The van der Waals surface area contributed by atoms with E-state index in [-0.39, 0.29) is 0 Å². The van der Waals surface area contributed by atoms with Crippen LogP contribution in [0, 0.1) is 13.8 Å². The number of benzene rings is 2. The van der Waals surface area contributed by atoms with E-state index in [9.17, 15) is 0 Å². The van der Waals surface area contributed by atoms with Gasteiger partial charge in [-0.15, -0.1) is 10.2 Å². The summed E-state index contributed by atoms with van der Waals surface area (Å²) in [5.41, 5.74) is 4.18. The van der Waals surface area contributed by atoms with E-state index < -0.39 is 0 Å². The van der Waals surface area contributed by atoms with Gasteiger partial charge in [0.2, 0.25) is 23.5 Å². The van der Waals surface area contributed by atoms with Crippen molar-refractivity contribution in [3.8, 4) is 22.8 Å². The summed E-state index contributed by atoms with van der Waals surface area (Å²) in [6.07, 6.45) is 0.291. The second kappa shape index (κ2) is 6.84. The summed E-state index contributed by atoms with van der Waals surface area (Å²) >= 11 is 3.43. The Morgan fingerprint density at radius 1 is 0.923 bits per heavy atom. The lowest BCUT2D eigenvalue weighted by atomic mass is 10.1. The molecule has 0 radical (unpaired) electrons. The Bertz CT molecular complexity index is 1070. The maximum atomic E-state index is 5.71. The maximum Gasteiger partial charge on any atom is 0.247 e. The van der Waals surface area contributed by atoms with Crippen molar-refractivity contribution >= 4 is 15.9 Å². The first kappa shape index (κ1) is 16.7. The first-order valence-electron chi connectivity index (χ1n) is 8.07. The van der Waals surface area contributed by atoms with Crippen LogP contribution in [0.15, 0.2) is 55.9 Å². The van der Waals surface area contributed by atoms with Crippen LogP contribution in [-0.2, 0) is 6.42 Å². The molecule has 4 aromatic rings. The number of rotatable bonds is 4. The summed E-state index contributed by atoms with van der Waals surface area (Å²) in [7, 11) is 0. The van der Waals surface area contributed by atoms with Crippen molar-refractivity contribution in [2.24, 2.45) is 0 Å². The van der Waals surface area contributed by atoms with Crippen LogP contribution in [0.3, 0.4) is 0 Å². The molecule has 0 atom stereocenters. The van der Waals surface area contributed by atoms with Crippen LogP contribution in [0.4, 0.5) is 0 Å². The van der Waals surface area contributed by atoms with Crippen LogP contribution >= 0.6 is 15.9 Å². The van der Waals surface area contributed by atoms with Gasteiger partial charge in [0.1, 0.15) is 6.42 Å². The molecular formula is C19H15BrN4O2. The Labute approximate surface area is 158 Å². The van der Waals surface area contributed by atoms with Crippen molar-refractivity contribution < 1.29 is 8.94 Å². The molecule has 0 spiro atoms. The lowest BCUT2D eigenvalue weighted by molar-refractivity contribution is 0.374. The minimum absolute atomic E-state index is 0.291. The van der Waals surface area contributed by atoms with Crippen molar-refractivity contribution in [2.75, 3.05) is 0 Å². The Morgan fingerprint density at radius 2 is 1.81 bits per heavy atom. The lowest BCUT2D eigenvalue weighted by Crippen LogP contribution is -1.89. The van der Waals surface area contributed by atoms with E-state index in [0.717, 1.165) is 15.6 Å². The van der Waals surface area contributed by atoms with Gasteiger partial charge in [-0.05, 0) is 49.2 Å². The van der Waals surface area contributed by atoms with Crippen molar-refractivity contribution in [3.63, 3.8) is 0 Å². The Morgan fingerprint density at radius 3 is 2.62 bits per heavy atom. The highest BCUT2D eigenvalue weighted by atomic mass is 79.9. The minimum atomic E-state index is 0.291. The quantitative estimate of drug-likeness (QED) is 0.482. The van der Waals surface area contributed by atoms with Gasteiger partial charge in [-0.3, -0.25) is 0 Å². The van der Waals surface area contributed by atoms with E-state index in [1.807, 2.05) is 42.5 Å². The van der Waals surface area contributed by atoms with Gasteiger partial charge in [0.15, 0.2) is 0 Å². The molecule has 0 aliphatic carbocycles. The summed E-state index contributed by atoms with van der Waals surface area (Å²) in [6, 6.07) is 13.7. The molecule has 130 valence electrons. The van der Waals surface area contributed by atoms with Crippen molar-refractivity contribution in [1.29, 1.82) is 0 Å². The average Bonchev–Trinajstić information content (AvgIpc) is 3.28. The van der Waals surface area contributed by atoms with Crippen LogP contribution in [-0.4, -0.2) is 20.3 Å². The topological polar surface area (TPSA) is 77.8 Å². The zero-order valence-electron chi connectivity index (χ0n) is 14.2. The second-order valence-electron chi connectivity index (χ2n) is 6.00. The number of halogens is 1. The molecule has 2 heterocycles. The zero-order chi connectivity index (χ0) is 18.1. The van der Waals surface area contributed by atoms with Crippen molar-refractivity contribution in [1.82, 2.24) is 20.3 Å². The van der Waals surface area contributed by atoms with Crippen LogP contribution in [0.2, 0.25) is 0 Å². The fourth-order valence-electron chi connectivity index (χ4n) is 2.52. The Kier molecular flexibility index (Phi) is 4.38. The molecule has 7 heteroatoms. The molecule has 0 unspecified atom stereocenters. The molecule has 4 rings (SSSR count). The summed E-state index contributed by atoms with van der Waals surface area (Å²) in [6.45, 7) is 4.13. The molecule has 26 heavy (non-hydrogen) atoms. The zero-order valence-corrected chi connectivity index (χ0v) is 15.8. The van der Waals surface area contributed by atoms with Gasteiger partial charge in [0, 0.05) is 15.6 Å². The molecular weight excluding hydrogens is 396 g/mol. The van der Waals surface area contributed by atoms with Gasteiger partial charge in [-0.25, -0.2) is 0 Å². The van der Waals surface area contributed by atoms with E-state index in [2.05, 4.69) is 50.1 Å². The van der Waals surface area contributed by atoms with Crippen LogP contribution in [0.25, 0.3) is 22.8 Å². The molecule has 0 saturated carbocycles. The van der Waals surface area contributed by atoms with E-state index in [4.69, 9.17) is 8.94 Å². The van der Waals surface area contributed by atoms with E-state index >= 15 is 0 Å². The largest absolute Gasteiger partial charge is 0.420 e. The number of hydrogen-bond donors (Lipinski definition) is 0. The van der Waals surface area contributed by atoms with Crippen LogP contribution in [0.1, 0.15) is 22.9 Å². The van der Waals surface area contributed by atoms with Gasteiger partial charge in [-0.2, -0.15) is 4.98 Å². The molecule has 2 aromatic carbocycles. The molecule has 0 fully saturated rings. The summed E-state index contributed by atoms with van der Waals surface area (Å²) in [5.74, 6) is 1.86. The molecule has 0 amide bonds. The third-order valence-corrected chi connectivity index (χ3v) is 4.57. The fraction of sp³-hybridized carbons (Fsp3) is 0.158. The number of aromatic nitrogens is 4. The van der Waals surface area contributed by atoms with Gasteiger partial charge < -0.3 is 8.94 Å². The Balaban J connectivity index is 1.53. The molecule has 0 bridgehead atoms. The Hall–Kier alpha value is -2.80. The van der Waals surface area contributed by atoms with E-state index in [1.165, 1.54) is 11.1 Å². The monoisotopic (exact) mass is 410 g/mol. The highest BCUT2D eigenvalue weighted by molar-refractivity contribution is 9.10. The SMILES string of the molecule is Cc1ccc(-c2noc(Cc3nnc(-c4cccc(Br)c4)o3)n2)cc1C. The second-order valence-corrected chi connectivity index (χ2v) is 6.91. The number of aryl methyl sites for hydroxylation is 2. The summed E-state index contributed by atoms with van der Waals surface area (Å²) in [4.78, 5) is 4.43. The molecule has 0 aliphatic heterocycles. The first-order chi connectivity index (χ1) is 12.6. The minimum Gasteiger partial charge on any atom is -0.420 e. The fourth-order valence-corrected chi connectivity index (χ4v) is 2.92. The molecule has 6 nitrogen and oxygen atoms in total. The highest BCUT2D eigenvalue weighted by Crippen LogP contribution is 2.23. The number of hydrogen-bond acceptors (Lipinski definition) is 6. The average molecular weight is 411 g/mol. The van der Waals surface area contributed by atoms with Gasteiger partial charge in [0.25, 0.3) is 0 Å². The van der Waals surface area contributed by atoms with Gasteiger partial charge >= 0.3 is 0 Å². The lowest BCUT2D eigenvalue weighted by Gasteiger charge is -2.00. The third-order valence-electron chi connectivity index (χ3n) is 4.07. The predicted octanol–water partition coefficient (Wildman–Crippen LogP) is 4.76. The number of nitrogens with zero attached hydrogens (tertiary/aromatic N) is 4. The molecule has 0 saturated heterocycles. The van der Waals surface area contributed by atoms with E-state index in [1.54, 1.807) is 0 Å². The highest BCUT2D eigenvalue weighted by Gasteiger charge is 2.15. The van der Waals surface area contributed by atoms with Crippen LogP contribution in [0.5, 0.6) is 0 Å². The van der Waals surface area contributed by atoms with E-state index in [0.29, 0.717) is 29.9 Å². The smallest absolute Gasteiger partial charge is 0.247 e. The first-order valence-corrected chi connectivity index (χ1v) is 8.86.